The van der Waals surface area contributed by atoms with Crippen LogP contribution in [0.1, 0.15) is 48.7 Å². The van der Waals surface area contributed by atoms with Crippen molar-refractivity contribution in [3.63, 3.8) is 0 Å². The lowest BCUT2D eigenvalue weighted by Crippen LogP contribution is -2.25. The molecule has 146 valence electrons. The molecule has 0 heterocycles. The summed E-state index contributed by atoms with van der Waals surface area (Å²) < 4.78 is 11.6. The van der Waals surface area contributed by atoms with Crippen molar-refractivity contribution in [3.05, 3.63) is 58.1 Å². The molecule has 1 amide bonds. The van der Waals surface area contributed by atoms with E-state index in [4.69, 9.17) is 21.1 Å². The van der Waals surface area contributed by atoms with Gasteiger partial charge in [-0.05, 0) is 68.1 Å². The van der Waals surface area contributed by atoms with Gasteiger partial charge in [0.25, 0.3) is 5.91 Å². The molecule has 0 saturated heterocycles. The summed E-state index contributed by atoms with van der Waals surface area (Å²) in [5, 5.41) is 3.67. The molecule has 0 radical (unpaired) electrons. The number of benzene rings is 2. The molecule has 5 heteroatoms. The van der Waals surface area contributed by atoms with Gasteiger partial charge in [0.05, 0.1) is 6.61 Å². The topological polar surface area (TPSA) is 47.6 Å². The molecule has 0 atom stereocenters. The van der Waals surface area contributed by atoms with E-state index in [1.54, 1.807) is 6.07 Å². The first kappa shape index (κ1) is 21.1. The fourth-order valence-corrected chi connectivity index (χ4v) is 2.69. The highest BCUT2D eigenvalue weighted by Crippen LogP contribution is 2.25. The summed E-state index contributed by atoms with van der Waals surface area (Å²) in [4.78, 5) is 12.4. The summed E-state index contributed by atoms with van der Waals surface area (Å²) in [5.41, 5.74) is 2.39. The lowest BCUT2D eigenvalue weighted by atomic mass is 10.1. The van der Waals surface area contributed by atoms with Crippen molar-refractivity contribution in [2.45, 2.75) is 40.7 Å². The highest BCUT2D eigenvalue weighted by atomic mass is 35.5. The Bertz CT molecular complexity index is 774. The Morgan fingerprint density at radius 1 is 1.15 bits per heavy atom. The van der Waals surface area contributed by atoms with Crippen LogP contribution in [0.15, 0.2) is 36.4 Å². The Morgan fingerprint density at radius 3 is 2.59 bits per heavy atom. The molecule has 0 aliphatic heterocycles. The summed E-state index contributed by atoms with van der Waals surface area (Å²) in [7, 11) is 0. The van der Waals surface area contributed by atoms with E-state index in [9.17, 15) is 4.79 Å². The molecule has 2 aromatic carbocycles. The Labute approximate surface area is 166 Å². The van der Waals surface area contributed by atoms with E-state index in [1.807, 2.05) is 44.2 Å². The summed E-state index contributed by atoms with van der Waals surface area (Å²) in [5.74, 6) is 1.92. The van der Waals surface area contributed by atoms with E-state index in [0.29, 0.717) is 36.3 Å². The van der Waals surface area contributed by atoms with Gasteiger partial charge in [-0.25, -0.2) is 0 Å². The second-order valence-corrected chi connectivity index (χ2v) is 7.30. The third-order valence-electron chi connectivity index (χ3n) is 4.15. The van der Waals surface area contributed by atoms with E-state index >= 15 is 0 Å². The molecule has 0 unspecified atom stereocenters. The lowest BCUT2D eigenvalue weighted by Gasteiger charge is -2.14. The summed E-state index contributed by atoms with van der Waals surface area (Å²) >= 11 is 6.06. The zero-order valence-electron chi connectivity index (χ0n) is 16.5. The molecule has 0 fully saturated rings. The predicted octanol–water partition coefficient (Wildman–Crippen LogP) is 5.40. The first-order valence-electron chi connectivity index (χ1n) is 9.33. The van der Waals surface area contributed by atoms with Crippen LogP contribution in [0.2, 0.25) is 5.02 Å². The van der Waals surface area contributed by atoms with Crippen LogP contribution < -0.4 is 14.8 Å². The number of hydrogen-bond acceptors (Lipinski definition) is 3. The summed E-state index contributed by atoms with van der Waals surface area (Å²) in [6.45, 7) is 9.66. The van der Waals surface area contributed by atoms with Gasteiger partial charge in [0.15, 0.2) is 0 Å². The number of rotatable bonds is 9. The quantitative estimate of drug-likeness (QED) is 0.624. The van der Waals surface area contributed by atoms with Crippen molar-refractivity contribution >= 4 is 17.5 Å². The van der Waals surface area contributed by atoms with E-state index < -0.39 is 0 Å². The molecular weight excluding hydrogens is 362 g/mol. The van der Waals surface area contributed by atoms with Crippen LogP contribution >= 0.6 is 11.6 Å². The number of aryl methyl sites for hydroxylation is 1. The molecule has 2 rings (SSSR count). The molecule has 2 aromatic rings. The summed E-state index contributed by atoms with van der Waals surface area (Å²) in [6, 6.07) is 11.0. The fraction of sp³-hybridized carbons (Fsp3) is 0.409. The first-order chi connectivity index (χ1) is 12.9. The highest BCUT2D eigenvalue weighted by Gasteiger charge is 2.12. The zero-order chi connectivity index (χ0) is 19.8. The van der Waals surface area contributed by atoms with Crippen molar-refractivity contribution in [2.24, 2.45) is 5.92 Å². The molecule has 0 aromatic heterocycles. The van der Waals surface area contributed by atoms with Gasteiger partial charge in [0, 0.05) is 22.7 Å². The molecule has 0 bridgehead atoms. The minimum absolute atomic E-state index is 0.0812. The van der Waals surface area contributed by atoms with Gasteiger partial charge in [-0.3, -0.25) is 4.79 Å². The van der Waals surface area contributed by atoms with Gasteiger partial charge >= 0.3 is 0 Å². The van der Waals surface area contributed by atoms with Crippen molar-refractivity contribution in [2.75, 3.05) is 13.2 Å². The molecular formula is C22H28ClNO3. The Morgan fingerprint density at radius 2 is 1.93 bits per heavy atom. The number of amides is 1. The van der Waals surface area contributed by atoms with Crippen molar-refractivity contribution in [1.82, 2.24) is 5.32 Å². The third-order valence-corrected chi connectivity index (χ3v) is 4.58. The van der Waals surface area contributed by atoms with E-state index in [2.05, 4.69) is 19.2 Å². The minimum atomic E-state index is -0.0812. The maximum atomic E-state index is 12.4. The molecule has 1 N–H and O–H groups in total. The van der Waals surface area contributed by atoms with Crippen LogP contribution in [-0.2, 0) is 6.61 Å². The van der Waals surface area contributed by atoms with E-state index in [0.717, 1.165) is 29.0 Å². The van der Waals surface area contributed by atoms with Crippen molar-refractivity contribution < 1.29 is 14.3 Å². The second kappa shape index (κ2) is 10.2. The molecule has 0 aliphatic rings. The monoisotopic (exact) mass is 389 g/mol. The fourth-order valence-electron chi connectivity index (χ4n) is 2.57. The average Bonchev–Trinajstić information content (AvgIpc) is 2.63. The standard InChI is InChI=1S/C22H28ClNO3/c1-5-26-21-9-6-17(22(25)24-11-10-15(2)3)13-18(21)14-27-19-7-8-20(23)16(4)12-19/h6-9,12-13,15H,5,10-11,14H2,1-4H3,(H,24,25). The maximum Gasteiger partial charge on any atom is 0.251 e. The maximum absolute atomic E-state index is 12.4. The van der Waals surface area contributed by atoms with E-state index in [-0.39, 0.29) is 5.91 Å². The number of hydrogen-bond donors (Lipinski definition) is 1. The highest BCUT2D eigenvalue weighted by molar-refractivity contribution is 6.31. The third kappa shape index (κ3) is 6.47. The molecule has 27 heavy (non-hydrogen) atoms. The van der Waals surface area contributed by atoms with Crippen LogP contribution in [0, 0.1) is 12.8 Å². The first-order valence-corrected chi connectivity index (χ1v) is 9.71. The van der Waals surface area contributed by atoms with E-state index in [1.165, 1.54) is 0 Å². The molecule has 0 saturated carbocycles. The lowest BCUT2D eigenvalue weighted by molar-refractivity contribution is 0.0952. The number of nitrogens with one attached hydrogen (secondary N) is 1. The van der Waals surface area contributed by atoms with Gasteiger partial charge in [-0.1, -0.05) is 25.4 Å². The van der Waals surface area contributed by atoms with Crippen LogP contribution in [0.3, 0.4) is 0 Å². The predicted molar refractivity (Wildman–Crippen MR) is 110 cm³/mol. The molecule has 0 aliphatic carbocycles. The zero-order valence-corrected chi connectivity index (χ0v) is 17.2. The average molecular weight is 390 g/mol. The number of halogens is 1. The van der Waals surface area contributed by atoms with Gasteiger partial charge in [-0.15, -0.1) is 0 Å². The molecule has 0 spiro atoms. The molecule has 4 nitrogen and oxygen atoms in total. The SMILES string of the molecule is CCOc1ccc(C(=O)NCCC(C)C)cc1COc1ccc(Cl)c(C)c1. The minimum Gasteiger partial charge on any atom is -0.493 e. The Hall–Kier alpha value is -2.20. The number of carbonyl (C=O) groups excluding carboxylic acids is 1. The smallest absolute Gasteiger partial charge is 0.251 e. The van der Waals surface area contributed by atoms with Crippen LogP contribution in [-0.4, -0.2) is 19.1 Å². The van der Waals surface area contributed by atoms with Gasteiger partial charge in [-0.2, -0.15) is 0 Å². The van der Waals surface area contributed by atoms with Gasteiger partial charge in [0.1, 0.15) is 18.1 Å². The van der Waals surface area contributed by atoms with Crippen LogP contribution in [0.25, 0.3) is 0 Å². The van der Waals surface area contributed by atoms with Crippen molar-refractivity contribution in [1.29, 1.82) is 0 Å². The largest absolute Gasteiger partial charge is 0.493 e. The number of ether oxygens (including phenoxy) is 2. The Balaban J connectivity index is 2.11. The van der Waals surface area contributed by atoms with Gasteiger partial charge in [0.2, 0.25) is 0 Å². The Kier molecular flexibility index (Phi) is 7.99. The van der Waals surface area contributed by atoms with Crippen LogP contribution in [0.5, 0.6) is 11.5 Å². The summed E-state index contributed by atoms with van der Waals surface area (Å²) in [6.07, 6.45) is 0.953. The number of carbonyl (C=O) groups is 1. The normalized spacial score (nSPS) is 10.7. The van der Waals surface area contributed by atoms with Gasteiger partial charge < -0.3 is 14.8 Å². The van der Waals surface area contributed by atoms with Crippen LogP contribution in [0.4, 0.5) is 0 Å². The van der Waals surface area contributed by atoms with Crippen molar-refractivity contribution in [3.8, 4) is 11.5 Å². The second-order valence-electron chi connectivity index (χ2n) is 6.89.